The van der Waals surface area contributed by atoms with Crippen molar-refractivity contribution in [1.29, 1.82) is 0 Å². The molecule has 13 heavy (non-hydrogen) atoms. The number of rotatable bonds is 3. The standard InChI is InChI=1S/C8H10N2O2S/c9-8(11)10-7-4-2-1-3-6(7)5-12-13/h1-4,13H,5H2,(H3,9,10,11). The molecule has 0 aliphatic heterocycles. The van der Waals surface area contributed by atoms with Crippen LogP contribution in [-0.2, 0) is 10.8 Å². The first-order chi connectivity index (χ1) is 6.24. The highest BCUT2D eigenvalue weighted by Crippen LogP contribution is 2.15. The molecule has 0 atom stereocenters. The summed E-state index contributed by atoms with van der Waals surface area (Å²) < 4.78 is 4.65. The van der Waals surface area contributed by atoms with Crippen LogP contribution >= 0.6 is 12.9 Å². The molecule has 0 aromatic heterocycles. The van der Waals surface area contributed by atoms with Crippen LogP contribution in [0.25, 0.3) is 0 Å². The highest BCUT2D eigenvalue weighted by atomic mass is 32.1. The topological polar surface area (TPSA) is 64.4 Å². The lowest BCUT2D eigenvalue weighted by molar-refractivity contribution is 0.259. The van der Waals surface area contributed by atoms with Gasteiger partial charge in [-0.25, -0.2) is 4.79 Å². The van der Waals surface area contributed by atoms with Gasteiger partial charge in [0.25, 0.3) is 0 Å². The van der Waals surface area contributed by atoms with Crippen LogP contribution in [0, 0.1) is 0 Å². The van der Waals surface area contributed by atoms with Gasteiger partial charge in [-0.05, 0) is 19.0 Å². The van der Waals surface area contributed by atoms with Gasteiger partial charge in [-0.15, -0.1) is 0 Å². The third-order valence-corrected chi connectivity index (χ3v) is 1.62. The van der Waals surface area contributed by atoms with Gasteiger partial charge in [0.1, 0.15) is 0 Å². The average Bonchev–Trinajstić information content (AvgIpc) is 2.08. The number of hydrogen-bond acceptors (Lipinski definition) is 3. The summed E-state index contributed by atoms with van der Waals surface area (Å²) in [4.78, 5) is 10.6. The molecule has 4 nitrogen and oxygen atoms in total. The fraction of sp³-hybridized carbons (Fsp3) is 0.125. The highest BCUT2D eigenvalue weighted by Gasteiger charge is 2.02. The molecule has 0 bridgehead atoms. The zero-order chi connectivity index (χ0) is 9.68. The van der Waals surface area contributed by atoms with Gasteiger partial charge in [0.05, 0.1) is 6.61 Å². The molecule has 0 unspecified atom stereocenters. The SMILES string of the molecule is NC(=O)Nc1ccccc1COS. The molecule has 70 valence electrons. The van der Waals surface area contributed by atoms with Gasteiger partial charge < -0.3 is 15.2 Å². The number of thiol groups is 1. The fourth-order valence-electron chi connectivity index (χ4n) is 0.970. The van der Waals surface area contributed by atoms with Crippen LogP contribution in [0.2, 0.25) is 0 Å². The number of primary amides is 1. The van der Waals surface area contributed by atoms with Crippen molar-refractivity contribution < 1.29 is 8.98 Å². The van der Waals surface area contributed by atoms with Crippen LogP contribution in [-0.4, -0.2) is 6.03 Å². The Morgan fingerprint density at radius 1 is 1.54 bits per heavy atom. The van der Waals surface area contributed by atoms with Crippen molar-refractivity contribution in [2.24, 2.45) is 5.73 Å². The highest BCUT2D eigenvalue weighted by molar-refractivity contribution is 7.75. The summed E-state index contributed by atoms with van der Waals surface area (Å²) in [5.41, 5.74) is 6.45. The van der Waals surface area contributed by atoms with Gasteiger partial charge in [0.15, 0.2) is 0 Å². The number of anilines is 1. The second-order valence-corrected chi connectivity index (χ2v) is 2.68. The average molecular weight is 198 g/mol. The van der Waals surface area contributed by atoms with E-state index in [0.717, 1.165) is 5.56 Å². The predicted molar refractivity (Wildman–Crippen MR) is 53.4 cm³/mol. The van der Waals surface area contributed by atoms with Crippen molar-refractivity contribution in [3.05, 3.63) is 29.8 Å². The lowest BCUT2D eigenvalue weighted by Gasteiger charge is -2.07. The minimum Gasteiger partial charge on any atom is -0.351 e. The summed E-state index contributed by atoms with van der Waals surface area (Å²) in [6, 6.07) is 6.61. The third-order valence-electron chi connectivity index (χ3n) is 1.50. The summed E-state index contributed by atoms with van der Waals surface area (Å²) in [5, 5.41) is 2.48. The van der Waals surface area contributed by atoms with Crippen LogP contribution in [0.1, 0.15) is 5.56 Å². The number of hydrogen-bond donors (Lipinski definition) is 3. The Morgan fingerprint density at radius 3 is 2.85 bits per heavy atom. The number of carbonyl (C=O) groups excluding carboxylic acids is 1. The van der Waals surface area contributed by atoms with Crippen molar-refractivity contribution in [1.82, 2.24) is 0 Å². The smallest absolute Gasteiger partial charge is 0.316 e. The zero-order valence-electron chi connectivity index (χ0n) is 6.86. The molecule has 0 heterocycles. The molecule has 0 aliphatic carbocycles. The van der Waals surface area contributed by atoms with Crippen molar-refractivity contribution in [3.63, 3.8) is 0 Å². The quantitative estimate of drug-likeness (QED) is 0.509. The van der Waals surface area contributed by atoms with E-state index in [1.54, 1.807) is 12.1 Å². The summed E-state index contributed by atoms with van der Waals surface area (Å²) in [5.74, 6) is 0. The first-order valence-electron chi connectivity index (χ1n) is 3.64. The van der Waals surface area contributed by atoms with Crippen LogP contribution in [0.4, 0.5) is 10.5 Å². The largest absolute Gasteiger partial charge is 0.351 e. The normalized spacial score (nSPS) is 9.62. The van der Waals surface area contributed by atoms with Crippen LogP contribution < -0.4 is 11.1 Å². The van der Waals surface area contributed by atoms with Gasteiger partial charge in [-0.3, -0.25) is 0 Å². The van der Waals surface area contributed by atoms with E-state index in [4.69, 9.17) is 5.73 Å². The molecular formula is C8H10N2O2S. The first-order valence-corrected chi connectivity index (χ1v) is 4.01. The minimum absolute atomic E-state index is 0.319. The van der Waals surface area contributed by atoms with Gasteiger partial charge >= 0.3 is 6.03 Å². The van der Waals surface area contributed by atoms with E-state index in [1.165, 1.54) is 0 Å². The molecule has 0 radical (unpaired) electrons. The van der Waals surface area contributed by atoms with E-state index < -0.39 is 6.03 Å². The number of nitrogens with one attached hydrogen (secondary N) is 1. The van der Waals surface area contributed by atoms with Crippen molar-refractivity contribution >= 4 is 24.6 Å². The Kier molecular flexibility index (Phi) is 3.60. The summed E-state index contributed by atoms with van der Waals surface area (Å²) in [7, 11) is 0. The van der Waals surface area contributed by atoms with E-state index in [0.29, 0.717) is 12.3 Å². The molecule has 2 amide bonds. The molecule has 5 heteroatoms. The number of para-hydroxylation sites is 1. The number of amides is 2. The lowest BCUT2D eigenvalue weighted by Crippen LogP contribution is -2.20. The molecule has 1 rings (SSSR count). The van der Waals surface area contributed by atoms with Crippen LogP contribution in [0.5, 0.6) is 0 Å². The zero-order valence-corrected chi connectivity index (χ0v) is 7.75. The number of carbonyl (C=O) groups is 1. The number of benzene rings is 1. The van der Waals surface area contributed by atoms with Gasteiger partial charge in [0.2, 0.25) is 0 Å². The van der Waals surface area contributed by atoms with Gasteiger partial charge in [-0.1, -0.05) is 18.2 Å². The molecule has 0 aliphatic rings. The predicted octanol–water partition coefficient (Wildman–Crippen LogP) is 1.54. The first kappa shape index (κ1) is 9.88. The maximum absolute atomic E-state index is 10.6. The summed E-state index contributed by atoms with van der Waals surface area (Å²) >= 11 is 3.63. The lowest BCUT2D eigenvalue weighted by atomic mass is 10.2. The van der Waals surface area contributed by atoms with Crippen LogP contribution in [0.3, 0.4) is 0 Å². The van der Waals surface area contributed by atoms with Crippen LogP contribution in [0.15, 0.2) is 24.3 Å². The Bertz CT molecular complexity index is 304. The van der Waals surface area contributed by atoms with Gasteiger partial charge in [0, 0.05) is 11.3 Å². The van der Waals surface area contributed by atoms with Gasteiger partial charge in [-0.2, -0.15) is 0 Å². The Hall–Kier alpha value is -1.20. The third kappa shape index (κ3) is 2.96. The second kappa shape index (κ2) is 4.74. The Labute approximate surface area is 81.7 Å². The van der Waals surface area contributed by atoms with E-state index in [2.05, 4.69) is 22.4 Å². The van der Waals surface area contributed by atoms with E-state index in [9.17, 15) is 4.79 Å². The molecule has 1 aromatic rings. The molecule has 3 N–H and O–H groups in total. The molecular weight excluding hydrogens is 188 g/mol. The molecule has 0 saturated carbocycles. The molecule has 0 saturated heterocycles. The fourth-order valence-corrected chi connectivity index (χ4v) is 1.11. The van der Waals surface area contributed by atoms with Crippen molar-refractivity contribution in [2.45, 2.75) is 6.61 Å². The monoisotopic (exact) mass is 198 g/mol. The van der Waals surface area contributed by atoms with E-state index >= 15 is 0 Å². The summed E-state index contributed by atoms with van der Waals surface area (Å²) in [6.07, 6.45) is 0. The molecule has 0 fully saturated rings. The van der Waals surface area contributed by atoms with Crippen molar-refractivity contribution in [3.8, 4) is 0 Å². The Balaban J connectivity index is 2.84. The minimum atomic E-state index is -0.591. The maximum Gasteiger partial charge on any atom is 0.316 e. The van der Waals surface area contributed by atoms with Crippen molar-refractivity contribution in [2.75, 3.05) is 5.32 Å². The number of urea groups is 1. The maximum atomic E-state index is 10.6. The number of nitrogens with two attached hydrogens (primary N) is 1. The summed E-state index contributed by atoms with van der Waals surface area (Å²) in [6.45, 7) is 0.319. The van der Waals surface area contributed by atoms with E-state index in [1.807, 2.05) is 12.1 Å². The Morgan fingerprint density at radius 2 is 2.23 bits per heavy atom. The molecule has 0 spiro atoms. The second-order valence-electron chi connectivity index (χ2n) is 2.42. The molecule has 1 aromatic carbocycles. The van der Waals surface area contributed by atoms with E-state index in [-0.39, 0.29) is 0 Å².